The zero-order chi connectivity index (χ0) is 5.70. The van der Waals surface area contributed by atoms with Crippen LogP contribution in [0.25, 0.3) is 0 Å². The second kappa shape index (κ2) is 3.63. The topological polar surface area (TPSA) is 36.3 Å². The Labute approximate surface area is 43.7 Å². The van der Waals surface area contributed by atoms with Crippen LogP contribution in [-0.2, 0) is 4.74 Å². The van der Waals surface area contributed by atoms with Gasteiger partial charge in [0.1, 0.15) is 0 Å². The van der Waals surface area contributed by atoms with E-state index >= 15 is 0 Å². The first kappa shape index (κ1) is 6.45. The van der Waals surface area contributed by atoms with Crippen LogP contribution in [0.2, 0.25) is 0 Å². The molecule has 2 nitrogen and oxygen atoms in total. The van der Waals surface area contributed by atoms with E-state index in [0.29, 0.717) is 6.10 Å². The minimum atomic E-state index is 0.583. The molecule has 0 aromatic carbocycles. The van der Waals surface area contributed by atoms with Crippen LogP contribution in [0, 0.1) is 11.3 Å². The minimum absolute atomic E-state index is 0.583. The summed E-state index contributed by atoms with van der Waals surface area (Å²) in [4.78, 5) is 0. The maximum atomic E-state index is 7.32. The van der Waals surface area contributed by atoms with Crippen molar-refractivity contribution < 1.29 is 4.74 Å². The predicted molar refractivity (Wildman–Crippen MR) is 26.7 cm³/mol. The number of hydrogen-bond donors (Lipinski definition) is 0. The van der Waals surface area contributed by atoms with Crippen LogP contribution < -0.4 is 0 Å². The Morgan fingerprint density at radius 3 is 2.00 bits per heavy atom. The number of epoxide rings is 1. The Hall–Kier alpha value is -0.550. The minimum Gasteiger partial charge on any atom is -0.373 e. The first-order valence-corrected chi connectivity index (χ1v) is 2.23. The van der Waals surface area contributed by atoms with Crippen LogP contribution in [0.15, 0.2) is 0 Å². The molecule has 1 atom stereocenters. The molecule has 1 fully saturated rings. The van der Waals surface area contributed by atoms with E-state index in [-0.39, 0.29) is 0 Å². The summed E-state index contributed by atoms with van der Waals surface area (Å²) in [5.41, 5.74) is 0. The zero-order valence-electron chi connectivity index (χ0n) is 4.64. The third-order valence-corrected chi connectivity index (χ3v) is 0.500. The molecule has 1 heterocycles. The van der Waals surface area contributed by atoms with Crippen LogP contribution in [0.3, 0.4) is 0 Å². The van der Waals surface area contributed by atoms with E-state index in [0.717, 1.165) is 6.61 Å². The third-order valence-electron chi connectivity index (χ3n) is 0.500. The van der Waals surface area contributed by atoms with Crippen LogP contribution in [-0.4, -0.2) is 12.7 Å². The lowest BCUT2D eigenvalue weighted by atomic mass is 10.6. The second-order valence-electron chi connectivity index (χ2n) is 1.37. The highest BCUT2D eigenvalue weighted by Gasteiger charge is 2.13. The zero-order valence-corrected chi connectivity index (χ0v) is 4.64. The lowest BCUT2D eigenvalue weighted by molar-refractivity contribution is 0.423. The molecule has 0 spiro atoms. The molecule has 1 aliphatic heterocycles. The predicted octanol–water partition coefficient (Wildman–Crippen LogP) is 0.935. The van der Waals surface area contributed by atoms with Gasteiger partial charge in [0.25, 0.3) is 0 Å². The molecule has 2 heteroatoms. The first-order valence-electron chi connectivity index (χ1n) is 2.23. The molecule has 0 aromatic rings. The summed E-state index contributed by atoms with van der Waals surface area (Å²) in [5, 5.41) is 7.32. The summed E-state index contributed by atoms with van der Waals surface area (Å²) in [6, 6.07) is 1.75. The lowest BCUT2D eigenvalue weighted by Crippen LogP contribution is -1.60. The summed E-state index contributed by atoms with van der Waals surface area (Å²) in [5.74, 6) is 0. The SMILES string of the molecule is CC#N.CC1CO1. The molecule has 1 aliphatic rings. The molecule has 40 valence electrons. The number of nitrogens with zero attached hydrogens (tertiary/aromatic N) is 1. The summed E-state index contributed by atoms with van der Waals surface area (Å²) in [6.45, 7) is 4.47. The number of rotatable bonds is 0. The van der Waals surface area contributed by atoms with E-state index in [9.17, 15) is 0 Å². The summed E-state index contributed by atoms with van der Waals surface area (Å²) in [7, 11) is 0. The fourth-order valence-electron chi connectivity index (χ4n) is 0.0962. The van der Waals surface area contributed by atoms with Gasteiger partial charge < -0.3 is 4.74 Å². The lowest BCUT2D eigenvalue weighted by Gasteiger charge is -1.50. The van der Waals surface area contributed by atoms with Crippen LogP contribution in [0.4, 0.5) is 0 Å². The van der Waals surface area contributed by atoms with E-state index in [1.165, 1.54) is 6.92 Å². The average Bonchev–Trinajstić information content (AvgIpc) is 2.25. The molecule has 0 aromatic heterocycles. The van der Waals surface area contributed by atoms with Crippen molar-refractivity contribution in [3.63, 3.8) is 0 Å². The van der Waals surface area contributed by atoms with Gasteiger partial charge in [-0.25, -0.2) is 0 Å². The van der Waals surface area contributed by atoms with E-state index in [1.54, 1.807) is 6.07 Å². The molecule has 7 heavy (non-hydrogen) atoms. The first-order chi connectivity index (χ1) is 3.31. The maximum Gasteiger partial charge on any atom is 0.0781 e. The van der Waals surface area contributed by atoms with Crippen molar-refractivity contribution in [1.29, 1.82) is 5.26 Å². The molecule has 0 saturated carbocycles. The molecular weight excluding hydrogens is 90.1 g/mol. The quantitative estimate of drug-likeness (QED) is 0.423. The highest BCUT2D eigenvalue weighted by molar-refractivity contribution is 4.58. The van der Waals surface area contributed by atoms with Crippen molar-refractivity contribution in [3.05, 3.63) is 0 Å². The molecule has 1 unspecified atom stereocenters. The monoisotopic (exact) mass is 99.1 g/mol. The third kappa shape index (κ3) is 10.8. The van der Waals surface area contributed by atoms with Gasteiger partial charge >= 0.3 is 0 Å². The molecular formula is C5H9NO. The van der Waals surface area contributed by atoms with Crippen molar-refractivity contribution in [2.24, 2.45) is 0 Å². The van der Waals surface area contributed by atoms with Crippen molar-refractivity contribution in [2.75, 3.05) is 6.61 Å². The highest BCUT2D eigenvalue weighted by atomic mass is 16.6. The summed E-state index contributed by atoms with van der Waals surface area (Å²) < 4.78 is 4.71. The van der Waals surface area contributed by atoms with E-state index in [2.05, 4.69) is 6.92 Å². The molecule has 0 N–H and O–H groups in total. The maximum absolute atomic E-state index is 7.32. The Kier molecular flexibility index (Phi) is 3.35. The van der Waals surface area contributed by atoms with Gasteiger partial charge in [-0.15, -0.1) is 0 Å². The molecule has 0 radical (unpaired) electrons. The van der Waals surface area contributed by atoms with Crippen LogP contribution in [0.5, 0.6) is 0 Å². The van der Waals surface area contributed by atoms with Crippen molar-refractivity contribution in [1.82, 2.24) is 0 Å². The Morgan fingerprint density at radius 2 is 2.00 bits per heavy atom. The average molecular weight is 99.1 g/mol. The van der Waals surface area contributed by atoms with E-state index < -0.39 is 0 Å². The fourth-order valence-corrected chi connectivity index (χ4v) is 0.0962. The van der Waals surface area contributed by atoms with Gasteiger partial charge in [-0.3, -0.25) is 0 Å². The number of nitriles is 1. The van der Waals surface area contributed by atoms with Crippen molar-refractivity contribution in [3.8, 4) is 6.07 Å². The fraction of sp³-hybridized carbons (Fsp3) is 0.800. The van der Waals surface area contributed by atoms with Crippen molar-refractivity contribution >= 4 is 0 Å². The smallest absolute Gasteiger partial charge is 0.0781 e. The summed E-state index contributed by atoms with van der Waals surface area (Å²) in [6.07, 6.45) is 0.583. The number of ether oxygens (including phenoxy) is 1. The summed E-state index contributed by atoms with van der Waals surface area (Å²) >= 11 is 0. The molecule has 0 aliphatic carbocycles. The molecule has 0 amide bonds. The largest absolute Gasteiger partial charge is 0.373 e. The standard InChI is InChI=1S/C3H6O.C2H3N/c1-3-2-4-3;1-2-3/h3H,2H2,1H3;1H3. The van der Waals surface area contributed by atoms with Gasteiger partial charge in [0.15, 0.2) is 0 Å². The van der Waals surface area contributed by atoms with Gasteiger partial charge in [0.2, 0.25) is 0 Å². The van der Waals surface area contributed by atoms with Crippen molar-refractivity contribution in [2.45, 2.75) is 20.0 Å². The Morgan fingerprint density at radius 1 is 1.86 bits per heavy atom. The normalized spacial score (nSPS) is 23.9. The number of hydrogen-bond acceptors (Lipinski definition) is 2. The van der Waals surface area contributed by atoms with E-state index in [1.807, 2.05) is 0 Å². The Bertz CT molecular complexity index is 70.6. The molecule has 1 saturated heterocycles. The second-order valence-corrected chi connectivity index (χ2v) is 1.37. The highest BCUT2D eigenvalue weighted by Crippen LogP contribution is 2.04. The molecule has 0 bridgehead atoms. The molecule has 1 rings (SSSR count). The van der Waals surface area contributed by atoms with Gasteiger partial charge in [0, 0.05) is 6.92 Å². The van der Waals surface area contributed by atoms with Gasteiger partial charge in [-0.2, -0.15) is 5.26 Å². The van der Waals surface area contributed by atoms with Crippen LogP contribution >= 0.6 is 0 Å². The van der Waals surface area contributed by atoms with Gasteiger partial charge in [-0.05, 0) is 6.92 Å². The van der Waals surface area contributed by atoms with Crippen LogP contribution in [0.1, 0.15) is 13.8 Å². The Balaban J connectivity index is 0.000000110. The van der Waals surface area contributed by atoms with Gasteiger partial charge in [-0.1, -0.05) is 0 Å². The van der Waals surface area contributed by atoms with Gasteiger partial charge in [0.05, 0.1) is 18.8 Å². The van der Waals surface area contributed by atoms with E-state index in [4.69, 9.17) is 10.00 Å².